The highest BCUT2D eigenvalue weighted by Crippen LogP contribution is 2.29. The van der Waals surface area contributed by atoms with Crippen LogP contribution in [-0.4, -0.2) is 27.0 Å². The molecule has 6 heteroatoms. The molecule has 0 fully saturated rings. The lowest BCUT2D eigenvalue weighted by Crippen LogP contribution is -2.10. The fraction of sp³-hybridized carbons (Fsp3) is 0.333. The molecule has 0 radical (unpaired) electrons. The molecule has 96 valence electrons. The van der Waals surface area contributed by atoms with Crippen LogP contribution in [0.5, 0.6) is 5.75 Å². The molecule has 5 nitrogen and oxygen atoms in total. The Bertz CT molecular complexity index is 520. The van der Waals surface area contributed by atoms with Gasteiger partial charge in [-0.3, -0.25) is 9.67 Å². The van der Waals surface area contributed by atoms with Crippen LogP contribution in [0.25, 0.3) is 0 Å². The Labute approximate surface area is 104 Å². The highest BCUT2D eigenvalue weighted by Gasteiger charge is 2.21. The molecule has 2 heterocycles. The molecule has 1 unspecified atom stereocenters. The van der Waals surface area contributed by atoms with Gasteiger partial charge >= 0.3 is 0 Å². The summed E-state index contributed by atoms with van der Waals surface area (Å²) in [5.41, 5.74) is 0.857. The maximum absolute atomic E-state index is 13.1. The quantitative estimate of drug-likeness (QED) is 0.895. The van der Waals surface area contributed by atoms with Crippen molar-refractivity contribution < 1.29 is 14.2 Å². The van der Waals surface area contributed by atoms with Crippen LogP contribution < -0.4 is 4.74 Å². The molecule has 0 spiro atoms. The van der Waals surface area contributed by atoms with Gasteiger partial charge in [-0.25, -0.2) is 4.39 Å². The first-order valence-electron chi connectivity index (χ1n) is 5.55. The van der Waals surface area contributed by atoms with E-state index < -0.39 is 11.9 Å². The maximum Gasteiger partial charge on any atom is 0.163 e. The normalized spacial score (nSPS) is 12.4. The fourth-order valence-corrected chi connectivity index (χ4v) is 1.80. The Balaban J connectivity index is 2.44. The third-order valence-electron chi connectivity index (χ3n) is 2.67. The largest absolute Gasteiger partial charge is 0.493 e. The van der Waals surface area contributed by atoms with E-state index in [2.05, 4.69) is 10.1 Å². The molecule has 1 N–H and O–H groups in total. The molecule has 1 atom stereocenters. The van der Waals surface area contributed by atoms with Crippen LogP contribution in [0.4, 0.5) is 4.39 Å². The summed E-state index contributed by atoms with van der Waals surface area (Å²) < 4.78 is 19.9. The van der Waals surface area contributed by atoms with E-state index in [-0.39, 0.29) is 0 Å². The molecule has 18 heavy (non-hydrogen) atoms. The fourth-order valence-electron chi connectivity index (χ4n) is 1.80. The third kappa shape index (κ3) is 2.19. The van der Waals surface area contributed by atoms with Gasteiger partial charge in [-0.2, -0.15) is 5.10 Å². The van der Waals surface area contributed by atoms with Crippen molar-refractivity contribution in [2.45, 2.75) is 19.6 Å². The van der Waals surface area contributed by atoms with Crippen LogP contribution in [-0.2, 0) is 6.54 Å². The average Bonchev–Trinajstić information content (AvgIpc) is 2.80. The topological polar surface area (TPSA) is 60.2 Å². The van der Waals surface area contributed by atoms with E-state index in [4.69, 9.17) is 4.74 Å². The zero-order valence-corrected chi connectivity index (χ0v) is 10.2. The molecule has 0 bridgehead atoms. The first-order chi connectivity index (χ1) is 8.67. The molecular weight excluding hydrogens is 237 g/mol. The van der Waals surface area contributed by atoms with Gasteiger partial charge in [0.05, 0.1) is 19.5 Å². The number of hydrogen-bond acceptors (Lipinski definition) is 4. The molecule has 0 aliphatic heterocycles. The third-order valence-corrected chi connectivity index (χ3v) is 2.67. The van der Waals surface area contributed by atoms with Crippen molar-refractivity contribution in [3.63, 3.8) is 0 Å². The first-order valence-corrected chi connectivity index (χ1v) is 5.55. The Morgan fingerprint density at radius 3 is 2.83 bits per heavy atom. The number of hydrogen-bond donors (Lipinski definition) is 1. The van der Waals surface area contributed by atoms with Gasteiger partial charge in [0.2, 0.25) is 0 Å². The monoisotopic (exact) mass is 251 g/mol. The highest BCUT2D eigenvalue weighted by atomic mass is 19.1. The van der Waals surface area contributed by atoms with Crippen LogP contribution >= 0.6 is 0 Å². The lowest BCUT2D eigenvalue weighted by atomic mass is 10.1. The number of pyridine rings is 1. The second-order valence-corrected chi connectivity index (χ2v) is 3.75. The molecule has 0 aromatic carbocycles. The second kappa shape index (κ2) is 5.14. The predicted octanol–water partition coefficient (Wildman–Crippen LogP) is 1.53. The summed E-state index contributed by atoms with van der Waals surface area (Å²) in [5.74, 6) is -0.0262. The van der Waals surface area contributed by atoms with Crippen LogP contribution in [0.2, 0.25) is 0 Å². The maximum atomic E-state index is 13.1. The molecule has 0 aliphatic rings. The summed E-state index contributed by atoms with van der Waals surface area (Å²) in [6.45, 7) is 2.48. The summed E-state index contributed by atoms with van der Waals surface area (Å²) in [4.78, 5) is 3.72. The Morgan fingerprint density at radius 2 is 2.22 bits per heavy atom. The molecule has 0 aliphatic carbocycles. The van der Waals surface area contributed by atoms with E-state index in [9.17, 15) is 9.50 Å². The summed E-state index contributed by atoms with van der Waals surface area (Å²) in [6, 6.07) is 1.24. The Hall–Kier alpha value is -1.95. The number of aliphatic hydroxyl groups excluding tert-OH is 1. The molecule has 2 aromatic heterocycles. The zero-order valence-electron chi connectivity index (χ0n) is 10.2. The number of aryl methyl sites for hydroxylation is 1. The number of methoxy groups -OCH3 is 1. The van der Waals surface area contributed by atoms with E-state index in [0.29, 0.717) is 23.6 Å². The van der Waals surface area contributed by atoms with Crippen molar-refractivity contribution in [2.75, 3.05) is 7.11 Å². The van der Waals surface area contributed by atoms with Gasteiger partial charge in [-0.1, -0.05) is 0 Å². The van der Waals surface area contributed by atoms with Crippen molar-refractivity contribution in [3.05, 3.63) is 41.7 Å². The molecular formula is C12H14FN3O2. The lowest BCUT2D eigenvalue weighted by molar-refractivity contribution is 0.201. The number of nitrogens with zero attached hydrogens (tertiary/aromatic N) is 3. The van der Waals surface area contributed by atoms with Crippen molar-refractivity contribution >= 4 is 0 Å². The van der Waals surface area contributed by atoms with Crippen molar-refractivity contribution in [3.8, 4) is 5.75 Å². The smallest absolute Gasteiger partial charge is 0.163 e. The standard InChI is InChI=1S/C12H14FN3O2/c1-3-16-11(10(18-2)7-15-16)12(17)8-4-9(13)6-14-5-8/h4-7,12,17H,3H2,1-2H3. The van der Waals surface area contributed by atoms with E-state index >= 15 is 0 Å². The molecule has 0 saturated heterocycles. The summed E-state index contributed by atoms with van der Waals surface area (Å²) >= 11 is 0. The SMILES string of the molecule is CCn1ncc(OC)c1C(O)c1cncc(F)c1. The number of halogens is 1. The van der Waals surface area contributed by atoms with Crippen LogP contribution in [0, 0.1) is 5.82 Å². The minimum Gasteiger partial charge on any atom is -0.493 e. The van der Waals surface area contributed by atoms with Crippen molar-refractivity contribution in [2.24, 2.45) is 0 Å². The highest BCUT2D eigenvalue weighted by molar-refractivity contribution is 5.33. The van der Waals surface area contributed by atoms with Gasteiger partial charge in [-0.05, 0) is 13.0 Å². The van der Waals surface area contributed by atoms with Crippen LogP contribution in [0.1, 0.15) is 24.3 Å². The van der Waals surface area contributed by atoms with E-state index in [1.54, 1.807) is 4.68 Å². The predicted molar refractivity (Wildman–Crippen MR) is 62.7 cm³/mol. The second-order valence-electron chi connectivity index (χ2n) is 3.75. The molecule has 0 amide bonds. The van der Waals surface area contributed by atoms with Gasteiger partial charge in [-0.15, -0.1) is 0 Å². The lowest BCUT2D eigenvalue weighted by Gasteiger charge is -2.14. The van der Waals surface area contributed by atoms with E-state index in [1.807, 2.05) is 6.92 Å². The number of rotatable bonds is 4. The molecule has 0 saturated carbocycles. The van der Waals surface area contributed by atoms with Crippen LogP contribution in [0.3, 0.4) is 0 Å². The summed E-state index contributed by atoms with van der Waals surface area (Å²) in [5, 5.41) is 14.4. The van der Waals surface area contributed by atoms with E-state index in [1.165, 1.54) is 25.6 Å². The first kappa shape index (κ1) is 12.5. The number of aliphatic hydroxyl groups is 1. The minimum absolute atomic E-state index is 0.364. The summed E-state index contributed by atoms with van der Waals surface area (Å²) in [6.07, 6.45) is 3.00. The van der Waals surface area contributed by atoms with Gasteiger partial charge in [0.25, 0.3) is 0 Å². The molecule has 2 aromatic rings. The minimum atomic E-state index is -1.02. The number of aromatic nitrogens is 3. The Kier molecular flexibility index (Phi) is 3.57. The zero-order chi connectivity index (χ0) is 13.1. The van der Waals surface area contributed by atoms with E-state index in [0.717, 1.165) is 6.20 Å². The van der Waals surface area contributed by atoms with Gasteiger partial charge < -0.3 is 9.84 Å². The number of ether oxygens (including phenoxy) is 1. The van der Waals surface area contributed by atoms with Crippen molar-refractivity contribution in [1.82, 2.24) is 14.8 Å². The van der Waals surface area contributed by atoms with Gasteiger partial charge in [0.15, 0.2) is 5.75 Å². The van der Waals surface area contributed by atoms with Gasteiger partial charge in [0.1, 0.15) is 17.6 Å². The van der Waals surface area contributed by atoms with Crippen molar-refractivity contribution in [1.29, 1.82) is 0 Å². The van der Waals surface area contributed by atoms with Gasteiger partial charge in [0, 0.05) is 18.3 Å². The molecule has 2 rings (SSSR count). The average molecular weight is 251 g/mol. The Morgan fingerprint density at radius 1 is 1.44 bits per heavy atom. The summed E-state index contributed by atoms with van der Waals surface area (Å²) in [7, 11) is 1.50. The van der Waals surface area contributed by atoms with Crippen LogP contribution in [0.15, 0.2) is 24.7 Å².